The van der Waals surface area contributed by atoms with Crippen LogP contribution < -0.4 is 4.90 Å². The van der Waals surface area contributed by atoms with Gasteiger partial charge in [0.15, 0.2) is 0 Å². The molecule has 1 aromatic heterocycles. The van der Waals surface area contributed by atoms with Crippen LogP contribution in [0.15, 0.2) is 36.5 Å². The molecule has 0 spiro atoms. The molecule has 0 saturated carbocycles. The fourth-order valence-electron chi connectivity index (χ4n) is 2.66. The first-order chi connectivity index (χ1) is 10.6. The van der Waals surface area contributed by atoms with Gasteiger partial charge in [0.05, 0.1) is 5.69 Å². The molecule has 2 aromatic rings. The van der Waals surface area contributed by atoms with Gasteiger partial charge in [-0.3, -0.25) is 9.48 Å². The maximum atomic E-state index is 13.0. The number of anilines is 1. The van der Waals surface area contributed by atoms with Crippen LogP contribution >= 0.6 is 0 Å². The molecule has 1 aromatic carbocycles. The van der Waals surface area contributed by atoms with E-state index < -0.39 is 0 Å². The molecule has 2 heterocycles. The minimum atomic E-state index is -0.230. The van der Waals surface area contributed by atoms with E-state index >= 15 is 0 Å². The molecule has 0 N–H and O–H groups in total. The number of aryl methyl sites for hydroxylation is 1. The van der Waals surface area contributed by atoms with E-state index in [2.05, 4.69) is 10.00 Å². The normalized spacial score (nSPS) is 15.2. The number of carbonyl (C=O) groups excluding carboxylic acids is 1. The molecule has 0 atom stereocenters. The zero-order valence-electron chi connectivity index (χ0n) is 12.6. The summed E-state index contributed by atoms with van der Waals surface area (Å²) in [5.41, 5.74) is 1.91. The third-order valence-electron chi connectivity index (χ3n) is 3.90. The van der Waals surface area contributed by atoms with Gasteiger partial charge in [-0.15, -0.1) is 0 Å². The Morgan fingerprint density at radius 1 is 1.14 bits per heavy atom. The van der Waals surface area contributed by atoms with Crippen LogP contribution in [-0.4, -0.2) is 46.8 Å². The van der Waals surface area contributed by atoms with E-state index in [-0.39, 0.29) is 18.3 Å². The van der Waals surface area contributed by atoms with Crippen molar-refractivity contribution >= 4 is 11.6 Å². The van der Waals surface area contributed by atoms with Gasteiger partial charge >= 0.3 is 0 Å². The average molecular weight is 302 g/mol. The van der Waals surface area contributed by atoms with Crippen LogP contribution in [0.25, 0.3) is 0 Å². The summed E-state index contributed by atoms with van der Waals surface area (Å²) >= 11 is 0. The molecule has 0 bridgehead atoms. The van der Waals surface area contributed by atoms with Gasteiger partial charge in [0, 0.05) is 38.1 Å². The van der Waals surface area contributed by atoms with Gasteiger partial charge in [-0.25, -0.2) is 4.39 Å². The number of rotatable bonds is 3. The molecule has 1 fully saturated rings. The molecule has 6 heteroatoms. The van der Waals surface area contributed by atoms with E-state index in [9.17, 15) is 9.18 Å². The first-order valence-electron chi connectivity index (χ1n) is 7.40. The topological polar surface area (TPSA) is 41.4 Å². The molecular weight excluding hydrogens is 283 g/mol. The lowest BCUT2D eigenvalue weighted by molar-refractivity contribution is -0.132. The third kappa shape index (κ3) is 3.27. The zero-order valence-corrected chi connectivity index (χ0v) is 12.6. The zero-order chi connectivity index (χ0) is 15.5. The fraction of sp³-hybridized carbons (Fsp3) is 0.375. The van der Waals surface area contributed by atoms with E-state index in [0.29, 0.717) is 13.1 Å². The van der Waals surface area contributed by atoms with Gasteiger partial charge in [0.25, 0.3) is 0 Å². The van der Waals surface area contributed by atoms with Gasteiger partial charge in [-0.2, -0.15) is 5.10 Å². The first-order valence-corrected chi connectivity index (χ1v) is 7.40. The van der Waals surface area contributed by atoms with Gasteiger partial charge < -0.3 is 9.80 Å². The quantitative estimate of drug-likeness (QED) is 0.866. The monoisotopic (exact) mass is 302 g/mol. The van der Waals surface area contributed by atoms with Crippen molar-refractivity contribution in [2.24, 2.45) is 0 Å². The maximum Gasteiger partial charge on any atom is 0.244 e. The molecule has 0 unspecified atom stereocenters. The molecule has 1 aliphatic rings. The molecule has 1 amide bonds. The number of amides is 1. The highest BCUT2D eigenvalue weighted by atomic mass is 19.1. The Labute approximate surface area is 128 Å². The number of hydrogen-bond donors (Lipinski definition) is 0. The molecule has 116 valence electrons. The van der Waals surface area contributed by atoms with Gasteiger partial charge in [0.1, 0.15) is 12.4 Å². The maximum absolute atomic E-state index is 13.0. The van der Waals surface area contributed by atoms with Gasteiger partial charge in [0.2, 0.25) is 5.91 Å². The van der Waals surface area contributed by atoms with E-state index in [0.717, 1.165) is 24.5 Å². The summed E-state index contributed by atoms with van der Waals surface area (Å²) in [7, 11) is 0. The fourth-order valence-corrected chi connectivity index (χ4v) is 2.66. The number of halogens is 1. The Bertz CT molecular complexity index is 644. The van der Waals surface area contributed by atoms with Crippen molar-refractivity contribution in [3.63, 3.8) is 0 Å². The number of aromatic nitrogens is 2. The Kier molecular flexibility index (Phi) is 4.09. The lowest BCUT2D eigenvalue weighted by Gasteiger charge is -2.36. The van der Waals surface area contributed by atoms with Crippen LogP contribution in [0.2, 0.25) is 0 Å². The minimum Gasteiger partial charge on any atom is -0.368 e. The molecule has 1 saturated heterocycles. The Morgan fingerprint density at radius 2 is 1.82 bits per heavy atom. The van der Waals surface area contributed by atoms with Crippen molar-refractivity contribution in [2.45, 2.75) is 13.5 Å². The van der Waals surface area contributed by atoms with Crippen LogP contribution in [0.4, 0.5) is 10.1 Å². The highest BCUT2D eigenvalue weighted by molar-refractivity contribution is 5.76. The summed E-state index contributed by atoms with van der Waals surface area (Å²) in [5, 5.41) is 4.24. The molecule has 1 aliphatic heterocycles. The predicted molar refractivity (Wildman–Crippen MR) is 82.2 cm³/mol. The average Bonchev–Trinajstić information content (AvgIpc) is 2.93. The first kappa shape index (κ1) is 14.6. The molecule has 22 heavy (non-hydrogen) atoms. The second-order valence-electron chi connectivity index (χ2n) is 5.50. The molecule has 0 radical (unpaired) electrons. The summed E-state index contributed by atoms with van der Waals surface area (Å²) in [6.45, 7) is 5.06. The largest absolute Gasteiger partial charge is 0.368 e. The lowest BCUT2D eigenvalue weighted by Crippen LogP contribution is -2.49. The van der Waals surface area contributed by atoms with Crippen molar-refractivity contribution in [1.29, 1.82) is 0 Å². The van der Waals surface area contributed by atoms with Gasteiger partial charge in [-0.1, -0.05) is 0 Å². The second kappa shape index (κ2) is 6.17. The van der Waals surface area contributed by atoms with Crippen molar-refractivity contribution in [1.82, 2.24) is 14.7 Å². The minimum absolute atomic E-state index is 0.0851. The number of carbonyl (C=O) groups is 1. The Hall–Kier alpha value is -2.37. The molecule has 0 aliphatic carbocycles. The van der Waals surface area contributed by atoms with E-state index in [1.54, 1.807) is 16.8 Å². The summed E-state index contributed by atoms with van der Waals surface area (Å²) in [6.07, 6.45) is 1.82. The van der Waals surface area contributed by atoms with E-state index in [4.69, 9.17) is 0 Å². The highest BCUT2D eigenvalue weighted by Gasteiger charge is 2.21. The highest BCUT2D eigenvalue weighted by Crippen LogP contribution is 2.17. The van der Waals surface area contributed by atoms with Crippen LogP contribution in [0.5, 0.6) is 0 Å². The molecule has 5 nitrogen and oxygen atoms in total. The van der Waals surface area contributed by atoms with Crippen molar-refractivity contribution < 1.29 is 9.18 Å². The van der Waals surface area contributed by atoms with Crippen LogP contribution in [-0.2, 0) is 11.3 Å². The molecular formula is C16H19FN4O. The Balaban J connectivity index is 1.54. The van der Waals surface area contributed by atoms with Crippen LogP contribution in [0, 0.1) is 12.7 Å². The van der Waals surface area contributed by atoms with Crippen LogP contribution in [0.3, 0.4) is 0 Å². The smallest absolute Gasteiger partial charge is 0.244 e. The Morgan fingerprint density at radius 3 is 2.41 bits per heavy atom. The summed E-state index contributed by atoms with van der Waals surface area (Å²) in [5.74, 6) is -0.145. The SMILES string of the molecule is Cc1ccn(CC(=O)N2CCN(c3ccc(F)cc3)CC2)n1. The van der Waals surface area contributed by atoms with Gasteiger partial charge in [-0.05, 0) is 37.3 Å². The van der Waals surface area contributed by atoms with Crippen molar-refractivity contribution in [3.8, 4) is 0 Å². The predicted octanol–water partition coefficient (Wildman–Crippen LogP) is 1.68. The number of benzene rings is 1. The summed E-state index contributed by atoms with van der Waals surface area (Å²) in [4.78, 5) is 16.3. The third-order valence-corrected chi connectivity index (χ3v) is 3.90. The number of hydrogen-bond acceptors (Lipinski definition) is 3. The van der Waals surface area contributed by atoms with E-state index in [1.807, 2.05) is 24.1 Å². The van der Waals surface area contributed by atoms with Crippen molar-refractivity contribution in [3.05, 3.63) is 48.0 Å². The number of piperazine rings is 1. The summed E-state index contributed by atoms with van der Waals surface area (Å²) < 4.78 is 14.6. The second-order valence-corrected chi connectivity index (χ2v) is 5.50. The summed E-state index contributed by atoms with van der Waals surface area (Å²) in [6, 6.07) is 8.37. The number of nitrogens with zero attached hydrogens (tertiary/aromatic N) is 4. The lowest BCUT2D eigenvalue weighted by atomic mass is 10.2. The van der Waals surface area contributed by atoms with Crippen LogP contribution in [0.1, 0.15) is 5.69 Å². The standard InChI is InChI=1S/C16H19FN4O/c1-13-6-7-21(18-13)12-16(22)20-10-8-19(9-11-20)15-4-2-14(17)3-5-15/h2-7H,8-12H2,1H3. The van der Waals surface area contributed by atoms with E-state index in [1.165, 1.54) is 12.1 Å². The molecule has 3 rings (SSSR count). The van der Waals surface area contributed by atoms with Crippen molar-refractivity contribution in [2.75, 3.05) is 31.1 Å².